The topological polar surface area (TPSA) is 55.4 Å². The smallest absolute Gasteiger partial charge is 0.287 e. The van der Waals surface area contributed by atoms with E-state index in [1.165, 1.54) is 0 Å². The van der Waals surface area contributed by atoms with Gasteiger partial charge < -0.3 is 14.2 Å². The highest BCUT2D eigenvalue weighted by molar-refractivity contribution is 7.08. The molecule has 0 unspecified atom stereocenters. The van der Waals surface area contributed by atoms with Gasteiger partial charge in [0, 0.05) is 16.3 Å². The van der Waals surface area contributed by atoms with E-state index in [2.05, 4.69) is 5.32 Å². The van der Waals surface area contributed by atoms with E-state index >= 15 is 0 Å². The van der Waals surface area contributed by atoms with Crippen molar-refractivity contribution >= 4 is 28.2 Å². The molecule has 0 saturated heterocycles. The van der Waals surface area contributed by atoms with Crippen LogP contribution >= 0.6 is 11.3 Å². The first-order chi connectivity index (χ1) is 11.3. The van der Waals surface area contributed by atoms with Gasteiger partial charge in [0.2, 0.25) is 0 Å². The summed E-state index contributed by atoms with van der Waals surface area (Å²) in [5.41, 5.74) is 1.75. The highest BCUT2D eigenvalue weighted by Gasteiger charge is 2.13. The van der Waals surface area contributed by atoms with Crippen LogP contribution in [-0.4, -0.2) is 5.91 Å². The van der Waals surface area contributed by atoms with Crippen LogP contribution in [-0.2, 0) is 6.54 Å². The zero-order valence-corrected chi connectivity index (χ0v) is 12.9. The average Bonchev–Trinajstić information content (AvgIpc) is 3.31. The molecule has 4 nitrogen and oxygen atoms in total. The van der Waals surface area contributed by atoms with E-state index in [1.54, 1.807) is 17.4 Å². The lowest BCUT2D eigenvalue weighted by molar-refractivity contribution is 0.0922. The third kappa shape index (κ3) is 2.78. The molecule has 1 N–H and O–H groups in total. The second kappa shape index (κ2) is 5.78. The molecule has 0 aliphatic rings. The van der Waals surface area contributed by atoms with Crippen molar-refractivity contribution in [1.82, 2.24) is 5.32 Å². The molecule has 4 rings (SSSR count). The number of fused-ring (bicyclic) bond motifs is 1. The molecule has 5 heteroatoms. The number of hydrogen-bond acceptors (Lipinski definition) is 4. The van der Waals surface area contributed by atoms with Gasteiger partial charge >= 0.3 is 0 Å². The minimum Gasteiger partial charge on any atom is -0.459 e. The Balaban J connectivity index is 1.45. The fourth-order valence-corrected chi connectivity index (χ4v) is 3.03. The lowest BCUT2D eigenvalue weighted by Gasteiger charge is -2.00. The first-order valence-electron chi connectivity index (χ1n) is 7.18. The Morgan fingerprint density at radius 3 is 2.83 bits per heavy atom. The Labute approximate surface area is 136 Å². The van der Waals surface area contributed by atoms with Crippen molar-refractivity contribution in [3.8, 4) is 11.3 Å². The molecule has 0 radical (unpaired) electrons. The Bertz CT molecular complexity index is 917. The van der Waals surface area contributed by atoms with Crippen molar-refractivity contribution in [3.05, 3.63) is 70.8 Å². The SMILES string of the molecule is O=C(NCc1ccc(-c2ccsc2)o1)c1cc2ccccc2o1. The van der Waals surface area contributed by atoms with Gasteiger partial charge in [-0.2, -0.15) is 11.3 Å². The first-order valence-corrected chi connectivity index (χ1v) is 8.12. The van der Waals surface area contributed by atoms with Crippen molar-refractivity contribution in [2.24, 2.45) is 0 Å². The molecular formula is C18H13NO3S. The maximum atomic E-state index is 12.2. The molecule has 114 valence electrons. The summed E-state index contributed by atoms with van der Waals surface area (Å²) in [5, 5.41) is 7.75. The standard InChI is InChI=1S/C18H13NO3S/c20-18(17-9-12-3-1-2-4-15(12)22-17)19-10-14-5-6-16(21-14)13-7-8-23-11-13/h1-9,11H,10H2,(H,19,20). The van der Waals surface area contributed by atoms with Gasteiger partial charge in [0.15, 0.2) is 5.76 Å². The van der Waals surface area contributed by atoms with Crippen LogP contribution in [0.4, 0.5) is 0 Å². The van der Waals surface area contributed by atoms with E-state index in [-0.39, 0.29) is 5.91 Å². The van der Waals surface area contributed by atoms with Gasteiger partial charge in [-0.05, 0) is 35.7 Å². The van der Waals surface area contributed by atoms with Crippen LogP contribution in [0, 0.1) is 0 Å². The number of carbonyl (C=O) groups excluding carboxylic acids is 1. The van der Waals surface area contributed by atoms with Crippen molar-refractivity contribution in [2.75, 3.05) is 0 Å². The summed E-state index contributed by atoms with van der Waals surface area (Å²) in [6.07, 6.45) is 0. The van der Waals surface area contributed by atoms with E-state index < -0.39 is 0 Å². The predicted octanol–water partition coefficient (Wildman–Crippen LogP) is 4.68. The Morgan fingerprint density at radius 1 is 1.09 bits per heavy atom. The summed E-state index contributed by atoms with van der Waals surface area (Å²) >= 11 is 1.62. The van der Waals surface area contributed by atoms with Gasteiger partial charge in [-0.15, -0.1) is 0 Å². The number of nitrogens with one attached hydrogen (secondary N) is 1. The molecule has 0 spiro atoms. The number of amides is 1. The molecule has 0 aliphatic heterocycles. The lowest BCUT2D eigenvalue weighted by Crippen LogP contribution is -2.21. The number of para-hydroxylation sites is 1. The van der Waals surface area contributed by atoms with Gasteiger partial charge in [-0.1, -0.05) is 18.2 Å². The lowest BCUT2D eigenvalue weighted by atomic mass is 10.2. The maximum absolute atomic E-state index is 12.2. The highest BCUT2D eigenvalue weighted by Crippen LogP contribution is 2.24. The number of thiophene rings is 1. The summed E-state index contributed by atoms with van der Waals surface area (Å²) in [7, 11) is 0. The third-order valence-electron chi connectivity index (χ3n) is 3.54. The average molecular weight is 323 g/mol. The molecule has 1 aromatic carbocycles. The van der Waals surface area contributed by atoms with Gasteiger partial charge in [-0.25, -0.2) is 0 Å². The third-order valence-corrected chi connectivity index (χ3v) is 4.22. The first kappa shape index (κ1) is 13.8. The maximum Gasteiger partial charge on any atom is 0.287 e. The molecule has 0 bridgehead atoms. The molecule has 0 aliphatic carbocycles. The minimum atomic E-state index is -0.255. The van der Waals surface area contributed by atoms with Crippen molar-refractivity contribution in [1.29, 1.82) is 0 Å². The van der Waals surface area contributed by atoms with Crippen LogP contribution in [0.1, 0.15) is 16.3 Å². The fourth-order valence-electron chi connectivity index (χ4n) is 2.38. The molecule has 3 aromatic heterocycles. The molecular weight excluding hydrogens is 310 g/mol. The van der Waals surface area contributed by atoms with E-state index in [0.717, 1.165) is 16.7 Å². The molecule has 0 atom stereocenters. The zero-order valence-electron chi connectivity index (χ0n) is 12.1. The van der Waals surface area contributed by atoms with E-state index in [1.807, 2.05) is 53.2 Å². The van der Waals surface area contributed by atoms with Gasteiger partial charge in [0.1, 0.15) is 17.1 Å². The van der Waals surface area contributed by atoms with Gasteiger partial charge in [0.25, 0.3) is 5.91 Å². The molecule has 0 saturated carbocycles. The molecule has 23 heavy (non-hydrogen) atoms. The summed E-state index contributed by atoms with van der Waals surface area (Å²) < 4.78 is 11.3. The molecule has 1 amide bonds. The summed E-state index contributed by atoms with van der Waals surface area (Å²) in [5.74, 6) is 1.56. The fraction of sp³-hybridized carbons (Fsp3) is 0.0556. The van der Waals surface area contributed by atoms with Gasteiger partial charge in [0.05, 0.1) is 6.54 Å². The van der Waals surface area contributed by atoms with Crippen LogP contribution in [0.2, 0.25) is 0 Å². The molecule has 3 heterocycles. The second-order valence-corrected chi connectivity index (χ2v) is 5.89. The van der Waals surface area contributed by atoms with E-state index in [9.17, 15) is 4.79 Å². The highest BCUT2D eigenvalue weighted by atomic mass is 32.1. The number of furan rings is 2. The van der Waals surface area contributed by atoms with Crippen LogP contribution < -0.4 is 5.32 Å². The number of benzene rings is 1. The Kier molecular flexibility index (Phi) is 3.48. The Hall–Kier alpha value is -2.79. The molecule has 4 aromatic rings. The molecule has 0 fully saturated rings. The van der Waals surface area contributed by atoms with Crippen LogP contribution in [0.5, 0.6) is 0 Å². The minimum absolute atomic E-state index is 0.255. The van der Waals surface area contributed by atoms with Crippen LogP contribution in [0.15, 0.2) is 68.1 Å². The van der Waals surface area contributed by atoms with Crippen molar-refractivity contribution in [2.45, 2.75) is 6.54 Å². The van der Waals surface area contributed by atoms with E-state index in [4.69, 9.17) is 8.83 Å². The quantitative estimate of drug-likeness (QED) is 0.593. The van der Waals surface area contributed by atoms with Crippen LogP contribution in [0.25, 0.3) is 22.3 Å². The number of carbonyl (C=O) groups is 1. The monoisotopic (exact) mass is 323 g/mol. The number of hydrogen-bond donors (Lipinski definition) is 1. The summed E-state index contributed by atoms with van der Waals surface area (Å²) in [6, 6.07) is 15.1. The van der Waals surface area contributed by atoms with Gasteiger partial charge in [-0.3, -0.25) is 4.79 Å². The predicted molar refractivity (Wildman–Crippen MR) is 89.4 cm³/mol. The number of rotatable bonds is 4. The second-order valence-electron chi connectivity index (χ2n) is 5.11. The van der Waals surface area contributed by atoms with E-state index in [0.29, 0.717) is 23.6 Å². The normalized spacial score (nSPS) is 11.0. The van der Waals surface area contributed by atoms with Crippen molar-refractivity contribution in [3.63, 3.8) is 0 Å². The summed E-state index contributed by atoms with van der Waals surface area (Å²) in [4.78, 5) is 12.2. The largest absolute Gasteiger partial charge is 0.459 e. The zero-order chi connectivity index (χ0) is 15.6. The summed E-state index contributed by atoms with van der Waals surface area (Å²) in [6.45, 7) is 0.319. The van der Waals surface area contributed by atoms with Crippen molar-refractivity contribution < 1.29 is 13.6 Å². The Morgan fingerprint density at radius 2 is 2.00 bits per heavy atom. The van der Waals surface area contributed by atoms with Crippen LogP contribution in [0.3, 0.4) is 0 Å².